The van der Waals surface area contributed by atoms with E-state index in [0.29, 0.717) is 18.5 Å². The molecule has 5 nitrogen and oxygen atoms in total. The molecule has 1 aromatic heterocycles. The van der Waals surface area contributed by atoms with E-state index in [-0.39, 0.29) is 17.9 Å². The van der Waals surface area contributed by atoms with Gasteiger partial charge in [-0.3, -0.25) is 14.6 Å². The second kappa shape index (κ2) is 5.27. The number of hydrogen-bond acceptors (Lipinski definition) is 3. The van der Waals surface area contributed by atoms with Crippen LogP contribution < -0.4 is 10.6 Å². The first-order chi connectivity index (χ1) is 8.15. The van der Waals surface area contributed by atoms with Crippen LogP contribution in [0.2, 0.25) is 0 Å². The molecule has 0 radical (unpaired) electrons. The molecule has 0 spiro atoms. The number of carbonyl (C=O) groups is 2. The van der Waals surface area contributed by atoms with Gasteiger partial charge in [-0.15, -0.1) is 0 Å². The maximum Gasteiger partial charge on any atom is 0.252 e. The molecule has 0 saturated carbocycles. The molecule has 1 aromatic rings. The highest BCUT2D eigenvalue weighted by Crippen LogP contribution is 2.10. The van der Waals surface area contributed by atoms with Crippen LogP contribution in [0.4, 0.5) is 0 Å². The molecule has 6 heteroatoms. The van der Waals surface area contributed by atoms with Crippen molar-refractivity contribution in [3.05, 3.63) is 28.5 Å². The molecule has 1 fully saturated rings. The van der Waals surface area contributed by atoms with Gasteiger partial charge in [0.1, 0.15) is 0 Å². The molecule has 2 rings (SSSR count). The van der Waals surface area contributed by atoms with Gasteiger partial charge in [0.2, 0.25) is 5.91 Å². The molecule has 0 aliphatic carbocycles. The molecule has 2 amide bonds. The van der Waals surface area contributed by atoms with Crippen LogP contribution in [0.3, 0.4) is 0 Å². The van der Waals surface area contributed by atoms with Crippen molar-refractivity contribution in [2.45, 2.75) is 18.9 Å². The highest BCUT2D eigenvalue weighted by atomic mass is 79.9. The summed E-state index contributed by atoms with van der Waals surface area (Å²) in [6, 6.07) is 1.75. The number of hydrogen-bond donors (Lipinski definition) is 2. The Hall–Kier alpha value is -1.43. The summed E-state index contributed by atoms with van der Waals surface area (Å²) in [6.45, 7) is 0.455. The van der Waals surface area contributed by atoms with Crippen LogP contribution >= 0.6 is 15.9 Å². The summed E-state index contributed by atoms with van der Waals surface area (Å²) in [5.41, 5.74) is 0.503. The Bertz CT molecular complexity index is 450. The van der Waals surface area contributed by atoms with E-state index in [0.717, 1.165) is 10.9 Å². The first-order valence-electron chi connectivity index (χ1n) is 5.33. The molecule has 90 valence electrons. The van der Waals surface area contributed by atoms with E-state index in [1.165, 1.54) is 6.20 Å². The van der Waals surface area contributed by atoms with Crippen molar-refractivity contribution in [1.82, 2.24) is 15.6 Å². The molecule has 17 heavy (non-hydrogen) atoms. The summed E-state index contributed by atoms with van der Waals surface area (Å²) in [5.74, 6) is -0.131. The zero-order chi connectivity index (χ0) is 12.3. The van der Waals surface area contributed by atoms with E-state index >= 15 is 0 Å². The Morgan fingerprint density at radius 3 is 3.06 bits per heavy atom. The average Bonchev–Trinajstić information content (AvgIpc) is 2.72. The molecular formula is C11H12BrN3O2. The van der Waals surface area contributed by atoms with Crippen LogP contribution in [0.5, 0.6) is 0 Å². The number of aromatic nitrogens is 1. The number of nitrogens with zero attached hydrogens (tertiary/aromatic N) is 1. The number of nitrogens with one attached hydrogen (secondary N) is 2. The third kappa shape index (κ3) is 3.26. The van der Waals surface area contributed by atoms with E-state index in [1.54, 1.807) is 12.3 Å². The van der Waals surface area contributed by atoms with Crippen LogP contribution in [0.1, 0.15) is 23.2 Å². The van der Waals surface area contributed by atoms with Gasteiger partial charge < -0.3 is 10.6 Å². The van der Waals surface area contributed by atoms with Crippen molar-refractivity contribution < 1.29 is 9.59 Å². The van der Waals surface area contributed by atoms with Crippen molar-refractivity contribution in [2.75, 3.05) is 6.54 Å². The van der Waals surface area contributed by atoms with Crippen LogP contribution in [0.15, 0.2) is 22.9 Å². The molecule has 0 aromatic carbocycles. The molecular weight excluding hydrogens is 286 g/mol. The Kier molecular flexibility index (Phi) is 3.73. The summed E-state index contributed by atoms with van der Waals surface area (Å²) < 4.78 is 0.763. The molecule has 0 bridgehead atoms. The maximum atomic E-state index is 11.8. The smallest absolute Gasteiger partial charge is 0.252 e. The van der Waals surface area contributed by atoms with Gasteiger partial charge in [-0.05, 0) is 28.4 Å². The number of pyridine rings is 1. The van der Waals surface area contributed by atoms with Crippen molar-refractivity contribution in [1.29, 1.82) is 0 Å². The van der Waals surface area contributed by atoms with E-state index in [2.05, 4.69) is 31.5 Å². The molecule has 2 heterocycles. The second-order valence-corrected chi connectivity index (χ2v) is 4.82. The fraction of sp³-hybridized carbons (Fsp3) is 0.364. The summed E-state index contributed by atoms with van der Waals surface area (Å²) in [6.07, 6.45) is 4.44. The van der Waals surface area contributed by atoms with E-state index in [4.69, 9.17) is 0 Å². The van der Waals surface area contributed by atoms with Crippen LogP contribution in [0, 0.1) is 0 Å². The lowest BCUT2D eigenvalue weighted by Crippen LogP contribution is -2.38. The number of carbonyl (C=O) groups excluding carboxylic acids is 2. The largest absolute Gasteiger partial charge is 0.352 e. The normalized spacial score (nSPS) is 18.9. The Morgan fingerprint density at radius 2 is 2.41 bits per heavy atom. The Labute approximate surface area is 107 Å². The van der Waals surface area contributed by atoms with Crippen molar-refractivity contribution in [2.24, 2.45) is 0 Å². The predicted molar refractivity (Wildman–Crippen MR) is 65.4 cm³/mol. The van der Waals surface area contributed by atoms with Gasteiger partial charge in [0, 0.05) is 35.9 Å². The number of rotatable bonds is 3. The first-order valence-corrected chi connectivity index (χ1v) is 6.12. The monoisotopic (exact) mass is 297 g/mol. The van der Waals surface area contributed by atoms with Crippen LogP contribution in [0.25, 0.3) is 0 Å². The van der Waals surface area contributed by atoms with Gasteiger partial charge in [0.15, 0.2) is 0 Å². The predicted octanol–water partition coefficient (Wildman–Crippen LogP) is 0.852. The molecule has 1 aliphatic heterocycles. The lowest BCUT2D eigenvalue weighted by atomic mass is 10.2. The van der Waals surface area contributed by atoms with Crippen LogP contribution in [-0.2, 0) is 4.79 Å². The summed E-state index contributed by atoms with van der Waals surface area (Å²) in [7, 11) is 0. The van der Waals surface area contributed by atoms with Crippen molar-refractivity contribution in [3.8, 4) is 0 Å². The minimum absolute atomic E-state index is 0.0477. The quantitative estimate of drug-likeness (QED) is 0.869. The zero-order valence-corrected chi connectivity index (χ0v) is 10.7. The number of halogens is 1. The zero-order valence-electron chi connectivity index (χ0n) is 9.07. The lowest BCUT2D eigenvalue weighted by molar-refractivity contribution is -0.119. The standard InChI is InChI=1S/C11H12BrN3O2/c12-8-3-7(4-13-5-8)11(17)14-6-9-1-2-10(16)15-9/h3-5,9H,1-2,6H2,(H,14,17)(H,15,16). The number of amides is 2. The maximum absolute atomic E-state index is 11.8. The van der Waals surface area contributed by atoms with Gasteiger partial charge in [-0.2, -0.15) is 0 Å². The molecule has 1 unspecified atom stereocenters. The van der Waals surface area contributed by atoms with Gasteiger partial charge in [0.25, 0.3) is 5.91 Å². The minimum Gasteiger partial charge on any atom is -0.352 e. The fourth-order valence-corrected chi connectivity index (χ4v) is 2.05. The molecule has 1 saturated heterocycles. The van der Waals surface area contributed by atoms with E-state index in [1.807, 2.05) is 0 Å². The van der Waals surface area contributed by atoms with E-state index in [9.17, 15) is 9.59 Å². The summed E-state index contributed by atoms with van der Waals surface area (Å²) in [4.78, 5) is 26.6. The highest BCUT2D eigenvalue weighted by molar-refractivity contribution is 9.10. The van der Waals surface area contributed by atoms with E-state index < -0.39 is 0 Å². The third-order valence-corrected chi connectivity index (χ3v) is 2.99. The van der Waals surface area contributed by atoms with Crippen LogP contribution in [-0.4, -0.2) is 29.4 Å². The fourth-order valence-electron chi connectivity index (χ4n) is 1.68. The van der Waals surface area contributed by atoms with Gasteiger partial charge in [-0.25, -0.2) is 0 Å². The minimum atomic E-state index is -0.181. The lowest BCUT2D eigenvalue weighted by Gasteiger charge is -2.11. The SMILES string of the molecule is O=C1CCC(CNC(=O)c2cncc(Br)c2)N1. The summed E-state index contributed by atoms with van der Waals surface area (Å²) in [5, 5.41) is 5.57. The van der Waals surface area contributed by atoms with Gasteiger partial charge in [-0.1, -0.05) is 0 Å². The second-order valence-electron chi connectivity index (χ2n) is 3.90. The molecule has 1 atom stereocenters. The summed E-state index contributed by atoms with van der Waals surface area (Å²) >= 11 is 3.26. The topological polar surface area (TPSA) is 71.1 Å². The molecule has 1 aliphatic rings. The highest BCUT2D eigenvalue weighted by Gasteiger charge is 2.21. The average molecular weight is 298 g/mol. The van der Waals surface area contributed by atoms with Gasteiger partial charge >= 0.3 is 0 Å². The van der Waals surface area contributed by atoms with Crippen molar-refractivity contribution in [3.63, 3.8) is 0 Å². The first kappa shape index (κ1) is 12.0. The van der Waals surface area contributed by atoms with Gasteiger partial charge in [0.05, 0.1) is 5.56 Å². The van der Waals surface area contributed by atoms with Crippen molar-refractivity contribution >= 4 is 27.7 Å². The Morgan fingerprint density at radius 1 is 1.59 bits per heavy atom. The Balaban J connectivity index is 1.87. The third-order valence-electron chi connectivity index (χ3n) is 2.56. The molecule has 2 N–H and O–H groups in total.